The maximum absolute atomic E-state index is 8.65. The predicted octanol–water partition coefficient (Wildman–Crippen LogP) is 2.06. The van der Waals surface area contributed by atoms with E-state index in [1.165, 1.54) is 5.56 Å². The van der Waals surface area contributed by atoms with Crippen molar-refractivity contribution in [2.75, 3.05) is 6.61 Å². The zero-order valence-corrected chi connectivity index (χ0v) is 9.52. The first-order chi connectivity index (χ1) is 7.27. The Kier molecular flexibility index (Phi) is 5.43. The highest BCUT2D eigenvalue weighted by Crippen LogP contribution is 2.14. The van der Waals surface area contributed by atoms with Gasteiger partial charge in [-0.25, -0.2) is 0 Å². The Hall–Kier alpha value is -0.800. The van der Waals surface area contributed by atoms with Crippen molar-refractivity contribution in [2.45, 2.75) is 45.2 Å². The Morgan fingerprint density at radius 3 is 2.87 bits per heavy atom. The highest BCUT2D eigenvalue weighted by molar-refractivity contribution is 5.14. The summed E-state index contributed by atoms with van der Waals surface area (Å²) >= 11 is 0. The van der Waals surface area contributed by atoms with E-state index in [4.69, 9.17) is 10.8 Å². The monoisotopic (exact) mass is 210 g/mol. The summed E-state index contributed by atoms with van der Waals surface area (Å²) in [5.41, 5.74) is 7.16. The molecule has 15 heavy (non-hydrogen) atoms. The lowest BCUT2D eigenvalue weighted by atomic mass is 10.1. The van der Waals surface area contributed by atoms with Gasteiger partial charge < -0.3 is 15.4 Å². The zero-order chi connectivity index (χ0) is 11.1. The average molecular weight is 210 g/mol. The lowest BCUT2D eigenvalue weighted by Crippen LogP contribution is -2.07. The van der Waals surface area contributed by atoms with Crippen molar-refractivity contribution in [1.82, 2.24) is 4.57 Å². The number of nitrogens with two attached hydrogens (primary N) is 1. The van der Waals surface area contributed by atoms with Crippen molar-refractivity contribution < 1.29 is 5.11 Å². The normalized spacial score (nSPS) is 13.0. The summed E-state index contributed by atoms with van der Waals surface area (Å²) in [6.45, 7) is 3.43. The van der Waals surface area contributed by atoms with Gasteiger partial charge in [0.05, 0.1) is 0 Å². The number of hydrogen-bond acceptors (Lipinski definition) is 2. The number of nitrogens with zero attached hydrogens (tertiary/aromatic N) is 1. The lowest BCUT2D eigenvalue weighted by molar-refractivity contribution is 0.282. The molecule has 0 saturated heterocycles. The zero-order valence-electron chi connectivity index (χ0n) is 9.52. The Balaban J connectivity index is 2.33. The minimum absolute atomic E-state index is 0.170. The predicted molar refractivity (Wildman–Crippen MR) is 62.6 cm³/mol. The van der Waals surface area contributed by atoms with Crippen LogP contribution in [0.2, 0.25) is 0 Å². The molecule has 1 heterocycles. The number of aromatic nitrogens is 1. The highest BCUT2D eigenvalue weighted by Gasteiger charge is 2.04. The maximum atomic E-state index is 8.65. The molecule has 1 aromatic rings. The Morgan fingerprint density at radius 2 is 2.20 bits per heavy atom. The lowest BCUT2D eigenvalue weighted by Gasteiger charge is -2.05. The molecule has 0 radical (unpaired) electrons. The quantitative estimate of drug-likeness (QED) is 0.677. The second-order valence-corrected chi connectivity index (χ2v) is 3.98. The van der Waals surface area contributed by atoms with Gasteiger partial charge in [0.25, 0.3) is 0 Å². The standard InChI is InChI=1S/C12H22N2O/c1-2-12(13)11-6-8-14(10-11)7-4-3-5-9-15/h6,8,10,12,15H,2-5,7,9,13H2,1H3. The van der Waals surface area contributed by atoms with Crippen LogP contribution >= 0.6 is 0 Å². The second kappa shape index (κ2) is 6.64. The fourth-order valence-corrected chi connectivity index (χ4v) is 1.64. The van der Waals surface area contributed by atoms with Crippen LogP contribution in [0.25, 0.3) is 0 Å². The molecule has 0 bridgehead atoms. The van der Waals surface area contributed by atoms with Crippen LogP contribution in [0.5, 0.6) is 0 Å². The van der Waals surface area contributed by atoms with Gasteiger partial charge >= 0.3 is 0 Å². The third kappa shape index (κ3) is 4.06. The van der Waals surface area contributed by atoms with Crippen molar-refractivity contribution in [3.63, 3.8) is 0 Å². The van der Waals surface area contributed by atoms with E-state index in [9.17, 15) is 0 Å². The summed E-state index contributed by atoms with van der Waals surface area (Å²) in [4.78, 5) is 0. The minimum Gasteiger partial charge on any atom is -0.396 e. The van der Waals surface area contributed by atoms with E-state index in [0.717, 1.165) is 32.2 Å². The summed E-state index contributed by atoms with van der Waals surface area (Å²) in [7, 11) is 0. The molecular formula is C12H22N2O. The molecule has 0 aliphatic rings. The molecule has 0 spiro atoms. The third-order valence-electron chi connectivity index (χ3n) is 2.72. The number of rotatable bonds is 7. The van der Waals surface area contributed by atoms with Crippen LogP contribution in [0, 0.1) is 0 Å². The van der Waals surface area contributed by atoms with E-state index in [0.29, 0.717) is 6.61 Å². The van der Waals surface area contributed by atoms with Crippen LogP contribution in [0.3, 0.4) is 0 Å². The van der Waals surface area contributed by atoms with Crippen LogP contribution in [-0.2, 0) is 6.54 Å². The van der Waals surface area contributed by atoms with Crippen molar-refractivity contribution in [1.29, 1.82) is 0 Å². The second-order valence-electron chi connectivity index (χ2n) is 3.98. The molecule has 0 aromatic carbocycles. The number of aryl methyl sites for hydroxylation is 1. The number of aliphatic hydroxyl groups is 1. The van der Waals surface area contributed by atoms with Crippen molar-refractivity contribution in [3.8, 4) is 0 Å². The minimum atomic E-state index is 0.170. The molecular weight excluding hydrogens is 188 g/mol. The third-order valence-corrected chi connectivity index (χ3v) is 2.72. The fraction of sp³-hybridized carbons (Fsp3) is 0.667. The van der Waals surface area contributed by atoms with E-state index in [2.05, 4.69) is 30.0 Å². The van der Waals surface area contributed by atoms with Crippen LogP contribution in [-0.4, -0.2) is 16.3 Å². The molecule has 0 fully saturated rings. The Bertz CT molecular complexity index is 270. The van der Waals surface area contributed by atoms with Gasteiger partial charge in [0, 0.05) is 31.6 Å². The van der Waals surface area contributed by atoms with E-state index in [1.54, 1.807) is 0 Å². The molecule has 3 nitrogen and oxygen atoms in total. The first kappa shape index (κ1) is 12.3. The van der Waals surface area contributed by atoms with Gasteiger partial charge in [0.1, 0.15) is 0 Å². The Labute approximate surface area is 91.9 Å². The first-order valence-electron chi connectivity index (χ1n) is 5.80. The largest absolute Gasteiger partial charge is 0.396 e. The number of hydrogen-bond donors (Lipinski definition) is 2. The van der Waals surface area contributed by atoms with Gasteiger partial charge in [0.2, 0.25) is 0 Å². The van der Waals surface area contributed by atoms with Crippen LogP contribution < -0.4 is 5.73 Å². The molecule has 0 aliphatic carbocycles. The van der Waals surface area contributed by atoms with Crippen molar-refractivity contribution >= 4 is 0 Å². The Morgan fingerprint density at radius 1 is 1.40 bits per heavy atom. The van der Waals surface area contributed by atoms with Crippen molar-refractivity contribution in [3.05, 3.63) is 24.0 Å². The molecule has 1 unspecified atom stereocenters. The van der Waals surface area contributed by atoms with Gasteiger partial charge in [-0.05, 0) is 37.3 Å². The molecule has 1 atom stereocenters. The molecule has 0 amide bonds. The fourth-order valence-electron chi connectivity index (χ4n) is 1.64. The van der Waals surface area contributed by atoms with E-state index in [1.807, 2.05) is 0 Å². The maximum Gasteiger partial charge on any atom is 0.0431 e. The summed E-state index contributed by atoms with van der Waals surface area (Å²) < 4.78 is 2.18. The smallest absolute Gasteiger partial charge is 0.0431 e. The average Bonchev–Trinajstić information content (AvgIpc) is 2.72. The molecule has 1 rings (SSSR count). The van der Waals surface area contributed by atoms with Crippen LogP contribution in [0.4, 0.5) is 0 Å². The number of unbranched alkanes of at least 4 members (excludes halogenated alkanes) is 2. The van der Waals surface area contributed by atoms with Gasteiger partial charge in [0.15, 0.2) is 0 Å². The van der Waals surface area contributed by atoms with Gasteiger partial charge in [-0.3, -0.25) is 0 Å². The highest BCUT2D eigenvalue weighted by atomic mass is 16.2. The SMILES string of the molecule is CCC(N)c1ccn(CCCCCO)c1. The molecule has 3 heteroatoms. The van der Waals surface area contributed by atoms with Gasteiger partial charge in [-0.15, -0.1) is 0 Å². The molecule has 86 valence electrons. The van der Waals surface area contributed by atoms with Crippen LogP contribution in [0.15, 0.2) is 18.5 Å². The summed E-state index contributed by atoms with van der Waals surface area (Å²) in [6, 6.07) is 2.27. The molecule has 0 saturated carbocycles. The van der Waals surface area contributed by atoms with E-state index in [-0.39, 0.29) is 6.04 Å². The van der Waals surface area contributed by atoms with Crippen molar-refractivity contribution in [2.24, 2.45) is 5.73 Å². The molecule has 3 N–H and O–H groups in total. The van der Waals surface area contributed by atoms with E-state index >= 15 is 0 Å². The topological polar surface area (TPSA) is 51.2 Å². The molecule has 1 aromatic heterocycles. The summed E-state index contributed by atoms with van der Waals surface area (Å²) in [5, 5.41) is 8.65. The first-order valence-corrected chi connectivity index (χ1v) is 5.80. The summed E-state index contributed by atoms with van der Waals surface area (Å²) in [5.74, 6) is 0. The van der Waals surface area contributed by atoms with E-state index < -0.39 is 0 Å². The van der Waals surface area contributed by atoms with Crippen LogP contribution in [0.1, 0.15) is 44.2 Å². The van der Waals surface area contributed by atoms with Gasteiger partial charge in [-0.2, -0.15) is 0 Å². The number of aliphatic hydroxyl groups excluding tert-OH is 1. The molecule has 0 aliphatic heterocycles. The summed E-state index contributed by atoms with van der Waals surface area (Å²) in [6.07, 6.45) is 8.31. The van der Waals surface area contributed by atoms with Gasteiger partial charge in [-0.1, -0.05) is 6.92 Å².